The Bertz CT molecular complexity index is 1050. The van der Waals surface area contributed by atoms with Crippen LogP contribution in [0.15, 0.2) is 36.7 Å². The van der Waals surface area contributed by atoms with E-state index in [1.807, 2.05) is 0 Å². The van der Waals surface area contributed by atoms with Crippen LogP contribution in [0.25, 0.3) is 22.0 Å². The van der Waals surface area contributed by atoms with Crippen molar-refractivity contribution in [2.24, 2.45) is 13.0 Å². The van der Waals surface area contributed by atoms with E-state index in [-0.39, 0.29) is 24.0 Å². The van der Waals surface area contributed by atoms with E-state index in [9.17, 15) is 18.0 Å². The van der Waals surface area contributed by atoms with Crippen molar-refractivity contribution < 1.29 is 22.7 Å². The minimum Gasteiger partial charge on any atom is -0.492 e. The number of benzene rings is 1. The fourth-order valence-corrected chi connectivity index (χ4v) is 3.32. The highest BCUT2D eigenvalue weighted by atomic mass is 19.4. The first kappa shape index (κ1) is 18.3. The molecule has 1 aliphatic heterocycles. The van der Waals surface area contributed by atoms with E-state index in [4.69, 9.17) is 4.74 Å². The van der Waals surface area contributed by atoms with Gasteiger partial charge in [0.1, 0.15) is 5.75 Å². The van der Waals surface area contributed by atoms with Gasteiger partial charge in [-0.2, -0.15) is 18.3 Å². The molecule has 3 aromatic rings. The summed E-state index contributed by atoms with van der Waals surface area (Å²) >= 11 is 0. The summed E-state index contributed by atoms with van der Waals surface area (Å²) in [6.45, 7) is 0.806. The maximum Gasteiger partial charge on any atom is 0.435 e. The second-order valence-electron chi connectivity index (χ2n) is 6.79. The predicted molar refractivity (Wildman–Crippen MR) is 95.6 cm³/mol. The lowest BCUT2D eigenvalue weighted by molar-refractivity contribution is -0.141. The third-order valence-electron chi connectivity index (χ3n) is 4.63. The van der Waals surface area contributed by atoms with Crippen molar-refractivity contribution in [3.63, 3.8) is 0 Å². The summed E-state index contributed by atoms with van der Waals surface area (Å²) in [5.74, 6) is 0.419. The fourth-order valence-electron chi connectivity index (χ4n) is 3.32. The Labute approximate surface area is 158 Å². The van der Waals surface area contributed by atoms with E-state index in [1.165, 1.54) is 13.2 Å². The molecular formula is C19H17F3N4O2. The maximum absolute atomic E-state index is 13.4. The number of ether oxygens (including phenoxy) is 1. The zero-order valence-corrected chi connectivity index (χ0v) is 15.0. The third kappa shape index (κ3) is 3.51. The summed E-state index contributed by atoms with van der Waals surface area (Å²) in [7, 11) is 1.44. The van der Waals surface area contributed by atoms with Gasteiger partial charge in [-0.25, -0.2) is 0 Å². The van der Waals surface area contributed by atoms with Gasteiger partial charge in [0.25, 0.3) is 0 Å². The van der Waals surface area contributed by atoms with Gasteiger partial charge >= 0.3 is 6.18 Å². The number of aromatic nitrogens is 3. The summed E-state index contributed by atoms with van der Waals surface area (Å²) in [4.78, 5) is 15.6. The summed E-state index contributed by atoms with van der Waals surface area (Å²) in [5, 5.41) is 7.01. The van der Waals surface area contributed by atoms with E-state index in [0.29, 0.717) is 35.2 Å². The highest BCUT2D eigenvalue weighted by Gasteiger charge is 2.37. The molecule has 1 saturated heterocycles. The number of alkyl halides is 3. The first-order chi connectivity index (χ1) is 13.3. The van der Waals surface area contributed by atoms with Crippen molar-refractivity contribution in [3.05, 3.63) is 42.4 Å². The fraction of sp³-hybridized carbons (Fsp3) is 0.316. The normalized spacial score (nSPS) is 17.1. The molecule has 2 aromatic heterocycles. The SMILES string of the molecule is Cn1cc(-c2cc(OCC3CNC(=O)C3)c3cccnc3c2)c(C(F)(F)F)n1. The van der Waals surface area contributed by atoms with E-state index in [2.05, 4.69) is 15.4 Å². The number of nitrogens with one attached hydrogen (secondary N) is 1. The monoisotopic (exact) mass is 390 g/mol. The zero-order chi connectivity index (χ0) is 19.9. The highest BCUT2D eigenvalue weighted by molar-refractivity contribution is 5.90. The molecule has 1 atom stereocenters. The molecule has 0 aliphatic carbocycles. The molecule has 28 heavy (non-hydrogen) atoms. The Balaban J connectivity index is 1.75. The van der Waals surface area contributed by atoms with Gasteiger partial charge in [0.05, 0.1) is 12.1 Å². The highest BCUT2D eigenvalue weighted by Crippen LogP contribution is 2.39. The van der Waals surface area contributed by atoms with Crippen LogP contribution >= 0.6 is 0 Å². The van der Waals surface area contributed by atoms with E-state index in [1.54, 1.807) is 30.5 Å². The van der Waals surface area contributed by atoms with Gasteiger partial charge in [-0.15, -0.1) is 0 Å². The largest absolute Gasteiger partial charge is 0.492 e. The topological polar surface area (TPSA) is 69.0 Å². The number of pyridine rings is 1. The molecule has 0 spiro atoms. The van der Waals surface area contributed by atoms with Gasteiger partial charge in [0, 0.05) is 49.3 Å². The number of aryl methyl sites for hydroxylation is 1. The summed E-state index contributed by atoms with van der Waals surface area (Å²) in [6.07, 6.45) is -1.30. The molecule has 1 aliphatic rings. The molecule has 146 valence electrons. The average molecular weight is 390 g/mol. The third-order valence-corrected chi connectivity index (χ3v) is 4.63. The minimum absolute atomic E-state index is 0.0204. The van der Waals surface area contributed by atoms with Crippen molar-refractivity contribution in [2.45, 2.75) is 12.6 Å². The second kappa shape index (κ2) is 6.81. The van der Waals surface area contributed by atoms with Gasteiger partial charge in [-0.05, 0) is 29.8 Å². The second-order valence-corrected chi connectivity index (χ2v) is 6.79. The molecule has 1 aromatic carbocycles. The maximum atomic E-state index is 13.4. The van der Waals surface area contributed by atoms with Crippen LogP contribution in [-0.2, 0) is 18.0 Å². The van der Waals surface area contributed by atoms with Gasteiger partial charge < -0.3 is 10.1 Å². The summed E-state index contributed by atoms with van der Waals surface area (Å²) in [5.41, 5.74) is -0.151. The lowest BCUT2D eigenvalue weighted by Gasteiger charge is -2.14. The Morgan fingerprint density at radius 3 is 2.89 bits per heavy atom. The van der Waals surface area contributed by atoms with Gasteiger partial charge in [-0.3, -0.25) is 14.5 Å². The van der Waals surface area contributed by atoms with E-state index in [0.717, 1.165) is 4.68 Å². The molecule has 1 unspecified atom stereocenters. The lowest BCUT2D eigenvalue weighted by atomic mass is 10.0. The molecule has 9 heteroatoms. The minimum atomic E-state index is -4.58. The molecule has 0 saturated carbocycles. The van der Waals surface area contributed by atoms with Gasteiger partial charge in [0.2, 0.25) is 5.91 Å². The molecule has 3 heterocycles. The number of carbonyl (C=O) groups is 1. The number of rotatable bonds is 4. The quantitative estimate of drug-likeness (QED) is 0.743. The van der Waals surface area contributed by atoms with Crippen LogP contribution in [0.1, 0.15) is 12.1 Å². The first-order valence-corrected chi connectivity index (χ1v) is 8.71. The lowest BCUT2D eigenvalue weighted by Crippen LogP contribution is -2.16. The Hall–Kier alpha value is -3.10. The van der Waals surface area contributed by atoms with Gasteiger partial charge in [-0.1, -0.05) is 0 Å². The molecule has 1 amide bonds. The molecule has 4 rings (SSSR count). The van der Waals surface area contributed by atoms with Crippen molar-refractivity contribution >= 4 is 16.8 Å². The molecule has 1 N–H and O–H groups in total. The number of carbonyl (C=O) groups excluding carboxylic acids is 1. The van der Waals surface area contributed by atoms with Crippen molar-refractivity contribution in [1.82, 2.24) is 20.1 Å². The predicted octanol–water partition coefficient (Wildman–Crippen LogP) is 3.17. The average Bonchev–Trinajstić information content (AvgIpc) is 3.25. The molecule has 1 fully saturated rings. The van der Waals surface area contributed by atoms with E-state index < -0.39 is 11.9 Å². The smallest absolute Gasteiger partial charge is 0.435 e. The van der Waals surface area contributed by atoms with Crippen LogP contribution in [-0.4, -0.2) is 33.8 Å². The Morgan fingerprint density at radius 1 is 1.36 bits per heavy atom. The van der Waals surface area contributed by atoms with Crippen molar-refractivity contribution in [3.8, 4) is 16.9 Å². The van der Waals surface area contributed by atoms with Crippen LogP contribution in [0.4, 0.5) is 13.2 Å². The number of hydrogen-bond donors (Lipinski definition) is 1. The van der Waals surface area contributed by atoms with Crippen LogP contribution in [0.2, 0.25) is 0 Å². The Kier molecular flexibility index (Phi) is 4.44. The van der Waals surface area contributed by atoms with Crippen LogP contribution < -0.4 is 10.1 Å². The van der Waals surface area contributed by atoms with Crippen molar-refractivity contribution in [2.75, 3.05) is 13.2 Å². The first-order valence-electron chi connectivity index (χ1n) is 8.71. The molecular weight excluding hydrogens is 373 g/mol. The summed E-state index contributed by atoms with van der Waals surface area (Å²) in [6, 6.07) is 6.70. The standard InChI is InChI=1S/C19H17F3N4O2/c1-26-9-14(18(25-26)19(20,21)22)12-6-15-13(3-2-4-23-15)16(7-12)28-10-11-5-17(27)24-8-11/h2-4,6-7,9,11H,5,8,10H2,1H3,(H,24,27). The molecule has 0 radical (unpaired) electrons. The molecule has 6 nitrogen and oxygen atoms in total. The number of nitrogens with zero attached hydrogens (tertiary/aromatic N) is 3. The van der Waals surface area contributed by atoms with Crippen LogP contribution in [0, 0.1) is 5.92 Å². The van der Waals surface area contributed by atoms with Gasteiger partial charge in [0.15, 0.2) is 5.69 Å². The van der Waals surface area contributed by atoms with E-state index >= 15 is 0 Å². The zero-order valence-electron chi connectivity index (χ0n) is 15.0. The molecule has 0 bridgehead atoms. The number of halogens is 3. The van der Waals surface area contributed by atoms with Crippen molar-refractivity contribution in [1.29, 1.82) is 0 Å². The number of hydrogen-bond acceptors (Lipinski definition) is 4. The summed E-state index contributed by atoms with van der Waals surface area (Å²) < 4.78 is 47.2. The van der Waals surface area contributed by atoms with Crippen LogP contribution in [0.5, 0.6) is 5.75 Å². The number of amides is 1. The number of fused-ring (bicyclic) bond motifs is 1. The van der Waals surface area contributed by atoms with Crippen LogP contribution in [0.3, 0.4) is 0 Å². The Morgan fingerprint density at radius 2 is 2.18 bits per heavy atom.